The second-order valence-corrected chi connectivity index (χ2v) is 6.16. The normalized spacial score (nSPS) is 10.5. The minimum Gasteiger partial charge on any atom is -0.309 e. The molecule has 0 atom stereocenters. The Labute approximate surface area is 158 Å². The van der Waals surface area contributed by atoms with Crippen molar-refractivity contribution in [1.29, 1.82) is 0 Å². The molecule has 2 aromatic carbocycles. The fourth-order valence-electron chi connectivity index (χ4n) is 2.79. The van der Waals surface area contributed by atoms with Crippen molar-refractivity contribution in [2.45, 2.75) is 12.8 Å². The zero-order chi connectivity index (χ0) is 18.3. The Hall–Kier alpha value is -3.60. The molecule has 0 radical (unpaired) electrons. The SMILES string of the molecule is c1ccc(Cc2nc(Cc3ccccc3)nc(Nc3ccccn3)n2)cc1. The Kier molecular flexibility index (Phi) is 5.11. The van der Waals surface area contributed by atoms with E-state index in [0.29, 0.717) is 24.6 Å². The van der Waals surface area contributed by atoms with E-state index in [1.54, 1.807) is 6.20 Å². The lowest BCUT2D eigenvalue weighted by molar-refractivity contribution is 0.855. The van der Waals surface area contributed by atoms with Gasteiger partial charge in [0.1, 0.15) is 17.5 Å². The van der Waals surface area contributed by atoms with Gasteiger partial charge in [-0.2, -0.15) is 9.97 Å². The van der Waals surface area contributed by atoms with Gasteiger partial charge in [-0.3, -0.25) is 0 Å². The average molecular weight is 353 g/mol. The van der Waals surface area contributed by atoms with Crippen LogP contribution in [-0.4, -0.2) is 19.9 Å². The summed E-state index contributed by atoms with van der Waals surface area (Å²) in [6, 6.07) is 26.1. The zero-order valence-corrected chi connectivity index (χ0v) is 14.8. The van der Waals surface area contributed by atoms with Crippen LogP contribution in [0.2, 0.25) is 0 Å². The summed E-state index contributed by atoms with van der Waals surface area (Å²) in [6.45, 7) is 0. The fraction of sp³-hybridized carbons (Fsp3) is 0.0909. The highest BCUT2D eigenvalue weighted by atomic mass is 15.2. The molecule has 0 saturated carbocycles. The molecule has 2 heterocycles. The molecular formula is C22H19N5. The summed E-state index contributed by atoms with van der Waals surface area (Å²) in [5.74, 6) is 2.70. The van der Waals surface area contributed by atoms with E-state index in [0.717, 1.165) is 22.8 Å². The van der Waals surface area contributed by atoms with E-state index in [2.05, 4.69) is 49.5 Å². The highest BCUT2D eigenvalue weighted by molar-refractivity contribution is 5.47. The van der Waals surface area contributed by atoms with Crippen molar-refractivity contribution in [3.63, 3.8) is 0 Å². The van der Waals surface area contributed by atoms with Crippen LogP contribution in [0.5, 0.6) is 0 Å². The Morgan fingerprint density at radius 3 is 1.67 bits per heavy atom. The smallest absolute Gasteiger partial charge is 0.231 e. The van der Waals surface area contributed by atoms with Crippen molar-refractivity contribution >= 4 is 11.8 Å². The molecule has 0 spiro atoms. The van der Waals surface area contributed by atoms with Crippen molar-refractivity contribution in [2.24, 2.45) is 0 Å². The van der Waals surface area contributed by atoms with Crippen LogP contribution in [0.25, 0.3) is 0 Å². The van der Waals surface area contributed by atoms with Gasteiger partial charge in [0.2, 0.25) is 5.95 Å². The predicted octanol–water partition coefficient (Wildman–Crippen LogP) is 4.19. The van der Waals surface area contributed by atoms with Crippen molar-refractivity contribution in [1.82, 2.24) is 19.9 Å². The maximum atomic E-state index is 4.68. The fourth-order valence-corrected chi connectivity index (χ4v) is 2.79. The number of benzene rings is 2. The molecule has 1 N–H and O–H groups in total. The van der Waals surface area contributed by atoms with E-state index in [4.69, 9.17) is 0 Å². The molecule has 0 aliphatic carbocycles. The van der Waals surface area contributed by atoms with Crippen LogP contribution in [0.1, 0.15) is 22.8 Å². The van der Waals surface area contributed by atoms with Crippen LogP contribution in [0, 0.1) is 0 Å². The van der Waals surface area contributed by atoms with E-state index >= 15 is 0 Å². The number of aromatic nitrogens is 4. The molecule has 0 saturated heterocycles. The number of anilines is 2. The van der Waals surface area contributed by atoms with E-state index in [1.807, 2.05) is 54.6 Å². The van der Waals surface area contributed by atoms with Gasteiger partial charge in [0, 0.05) is 19.0 Å². The lowest BCUT2D eigenvalue weighted by atomic mass is 10.1. The molecule has 0 aliphatic heterocycles. The van der Waals surface area contributed by atoms with Gasteiger partial charge in [-0.25, -0.2) is 9.97 Å². The third kappa shape index (κ3) is 4.73. The molecule has 4 aromatic rings. The summed E-state index contributed by atoms with van der Waals surface area (Å²) in [5, 5.41) is 3.18. The molecule has 0 aliphatic rings. The molecule has 2 aromatic heterocycles. The summed E-state index contributed by atoms with van der Waals surface area (Å²) < 4.78 is 0. The van der Waals surface area contributed by atoms with Crippen LogP contribution in [0.3, 0.4) is 0 Å². The van der Waals surface area contributed by atoms with E-state index in [-0.39, 0.29) is 0 Å². The van der Waals surface area contributed by atoms with Gasteiger partial charge in [-0.05, 0) is 23.3 Å². The Bertz CT molecular complexity index is 844. The number of hydrogen-bond donors (Lipinski definition) is 1. The van der Waals surface area contributed by atoms with Gasteiger partial charge >= 0.3 is 0 Å². The van der Waals surface area contributed by atoms with Gasteiger partial charge in [-0.15, -0.1) is 0 Å². The molecular weight excluding hydrogens is 334 g/mol. The molecule has 0 amide bonds. The second-order valence-electron chi connectivity index (χ2n) is 6.16. The molecule has 0 unspecified atom stereocenters. The summed E-state index contributed by atoms with van der Waals surface area (Å²) in [5.41, 5.74) is 2.33. The summed E-state index contributed by atoms with van der Waals surface area (Å²) >= 11 is 0. The van der Waals surface area contributed by atoms with Crippen LogP contribution < -0.4 is 5.32 Å². The summed E-state index contributed by atoms with van der Waals surface area (Å²) in [4.78, 5) is 18.2. The first-order valence-electron chi connectivity index (χ1n) is 8.85. The topological polar surface area (TPSA) is 63.6 Å². The molecule has 5 nitrogen and oxygen atoms in total. The third-order valence-electron chi connectivity index (χ3n) is 4.04. The van der Waals surface area contributed by atoms with Crippen molar-refractivity contribution in [3.8, 4) is 0 Å². The molecule has 132 valence electrons. The predicted molar refractivity (Wildman–Crippen MR) is 106 cm³/mol. The van der Waals surface area contributed by atoms with Gasteiger partial charge in [-0.1, -0.05) is 66.7 Å². The van der Waals surface area contributed by atoms with E-state index in [9.17, 15) is 0 Å². The van der Waals surface area contributed by atoms with E-state index in [1.165, 1.54) is 0 Å². The number of hydrogen-bond acceptors (Lipinski definition) is 5. The Morgan fingerprint density at radius 1 is 0.593 bits per heavy atom. The highest BCUT2D eigenvalue weighted by Gasteiger charge is 2.09. The van der Waals surface area contributed by atoms with Gasteiger partial charge in [0.25, 0.3) is 0 Å². The third-order valence-corrected chi connectivity index (χ3v) is 4.04. The number of pyridine rings is 1. The number of nitrogens with zero attached hydrogens (tertiary/aromatic N) is 4. The molecule has 27 heavy (non-hydrogen) atoms. The van der Waals surface area contributed by atoms with Crippen LogP contribution in [0.15, 0.2) is 85.1 Å². The molecule has 5 heteroatoms. The monoisotopic (exact) mass is 353 g/mol. The van der Waals surface area contributed by atoms with Crippen LogP contribution >= 0.6 is 0 Å². The van der Waals surface area contributed by atoms with Gasteiger partial charge in [0.15, 0.2) is 0 Å². The zero-order valence-electron chi connectivity index (χ0n) is 14.8. The number of rotatable bonds is 6. The standard InChI is InChI=1S/C22H19N5/c1-3-9-17(10-4-1)15-20-24-21(16-18-11-5-2-6-12-18)27-22(26-20)25-19-13-7-8-14-23-19/h1-14H,15-16H2,(H,23,24,25,26,27). The van der Waals surface area contributed by atoms with Crippen molar-refractivity contribution in [3.05, 3.63) is 108 Å². The Morgan fingerprint density at radius 2 is 1.15 bits per heavy atom. The lowest BCUT2D eigenvalue weighted by Crippen LogP contribution is -2.09. The minimum absolute atomic E-state index is 0.514. The molecule has 0 fully saturated rings. The summed E-state index contributed by atoms with van der Waals surface area (Å²) in [7, 11) is 0. The average Bonchev–Trinajstić information content (AvgIpc) is 2.70. The van der Waals surface area contributed by atoms with Crippen LogP contribution in [-0.2, 0) is 12.8 Å². The first kappa shape index (κ1) is 16.8. The minimum atomic E-state index is 0.514. The summed E-state index contributed by atoms with van der Waals surface area (Å²) in [6.07, 6.45) is 3.05. The highest BCUT2D eigenvalue weighted by Crippen LogP contribution is 2.14. The van der Waals surface area contributed by atoms with Gasteiger partial charge in [0.05, 0.1) is 0 Å². The molecule has 4 rings (SSSR count). The van der Waals surface area contributed by atoms with Crippen LogP contribution in [0.4, 0.5) is 11.8 Å². The molecule has 0 bridgehead atoms. The second kappa shape index (κ2) is 8.19. The first-order valence-corrected chi connectivity index (χ1v) is 8.85. The maximum absolute atomic E-state index is 4.68. The Balaban J connectivity index is 1.64. The number of nitrogens with one attached hydrogen (secondary N) is 1. The quantitative estimate of drug-likeness (QED) is 0.563. The first-order chi connectivity index (χ1) is 13.3. The lowest BCUT2D eigenvalue weighted by Gasteiger charge is -2.09. The van der Waals surface area contributed by atoms with Gasteiger partial charge < -0.3 is 5.32 Å². The maximum Gasteiger partial charge on any atom is 0.231 e. The largest absolute Gasteiger partial charge is 0.309 e. The van der Waals surface area contributed by atoms with Crippen molar-refractivity contribution in [2.75, 3.05) is 5.32 Å². The van der Waals surface area contributed by atoms with E-state index < -0.39 is 0 Å². The van der Waals surface area contributed by atoms with Crippen molar-refractivity contribution < 1.29 is 0 Å².